The summed E-state index contributed by atoms with van der Waals surface area (Å²) >= 11 is 0. The summed E-state index contributed by atoms with van der Waals surface area (Å²) in [6, 6.07) is 26.9. The van der Waals surface area contributed by atoms with Crippen LogP contribution in [-0.4, -0.2) is 41.6 Å². The van der Waals surface area contributed by atoms with Gasteiger partial charge in [-0.05, 0) is 73.6 Å². The fourth-order valence-electron chi connectivity index (χ4n) is 5.29. The van der Waals surface area contributed by atoms with Crippen LogP contribution in [0.15, 0.2) is 90.3 Å². The molecule has 5 rings (SSSR count). The Morgan fingerprint density at radius 2 is 1.64 bits per heavy atom. The number of urea groups is 1. The zero-order chi connectivity index (χ0) is 31.3. The van der Waals surface area contributed by atoms with Crippen LogP contribution in [0.25, 0.3) is 11.8 Å². The predicted molar refractivity (Wildman–Crippen MR) is 178 cm³/mol. The van der Waals surface area contributed by atoms with Gasteiger partial charge in [0.1, 0.15) is 5.82 Å². The van der Waals surface area contributed by atoms with Gasteiger partial charge in [-0.15, -0.1) is 0 Å². The largest absolute Gasteiger partial charge is 0.324 e. The third-order valence-corrected chi connectivity index (χ3v) is 9.44. The maximum Gasteiger partial charge on any atom is 0.324 e. The van der Waals surface area contributed by atoms with Gasteiger partial charge in [0, 0.05) is 35.7 Å². The summed E-state index contributed by atoms with van der Waals surface area (Å²) in [7, 11) is -3.46. The average molecular weight is 612 g/mol. The lowest BCUT2D eigenvalue weighted by atomic mass is 9.91. The number of sulfonamides is 1. The van der Waals surface area contributed by atoms with Crippen molar-refractivity contribution in [3.8, 4) is 5.69 Å². The number of amides is 2. The van der Waals surface area contributed by atoms with Crippen LogP contribution in [0.2, 0.25) is 0 Å². The monoisotopic (exact) mass is 611 g/mol. The highest BCUT2D eigenvalue weighted by Gasteiger charge is 2.26. The number of nitrogens with zero attached hydrogens (tertiary/aromatic N) is 3. The van der Waals surface area contributed by atoms with E-state index in [1.165, 1.54) is 5.41 Å². The fourth-order valence-corrected chi connectivity index (χ4v) is 6.51. The van der Waals surface area contributed by atoms with Crippen LogP contribution < -0.4 is 10.6 Å². The van der Waals surface area contributed by atoms with Crippen molar-refractivity contribution in [2.75, 3.05) is 23.7 Å². The number of anilines is 2. The third kappa shape index (κ3) is 8.03. The fraction of sp³-hybridized carbons (Fsp3) is 0.314. The average Bonchev–Trinajstić information content (AvgIpc) is 3.42. The molecule has 230 valence electrons. The molecule has 0 atom stereocenters. The Bertz CT molecular complexity index is 1710. The van der Waals surface area contributed by atoms with Crippen molar-refractivity contribution in [3.63, 3.8) is 0 Å². The van der Waals surface area contributed by atoms with E-state index < -0.39 is 10.0 Å². The number of hydrogen-bond acceptors (Lipinski definition) is 4. The molecular formula is C35H41N5O3S. The van der Waals surface area contributed by atoms with Gasteiger partial charge < -0.3 is 5.32 Å². The second-order valence-electron chi connectivity index (χ2n) is 12.5. The third-order valence-electron chi connectivity index (χ3n) is 7.87. The molecule has 3 aromatic carbocycles. The molecule has 2 heterocycles. The SMILES string of the molecule is Cc1ccc(-n2nc(C(C)(C)C)cc2NC(=O)Nc2cccc(CC3CCN(S(=O)(=O)/C=C/c4ccccc4)CC3)c2)cc1. The molecule has 0 bridgehead atoms. The van der Waals surface area contributed by atoms with Gasteiger partial charge in [-0.1, -0.05) is 80.9 Å². The van der Waals surface area contributed by atoms with Crippen LogP contribution in [0.1, 0.15) is 56.0 Å². The highest BCUT2D eigenvalue weighted by atomic mass is 32.2. The first-order valence-electron chi connectivity index (χ1n) is 15.0. The lowest BCUT2D eigenvalue weighted by Crippen LogP contribution is -2.37. The molecule has 0 saturated carbocycles. The summed E-state index contributed by atoms with van der Waals surface area (Å²) in [5.74, 6) is 0.955. The van der Waals surface area contributed by atoms with E-state index in [4.69, 9.17) is 5.10 Å². The Kier molecular flexibility index (Phi) is 9.36. The van der Waals surface area contributed by atoms with E-state index in [0.717, 1.165) is 47.3 Å². The number of carbonyl (C=O) groups excluding carboxylic acids is 1. The molecule has 0 aliphatic carbocycles. The molecule has 1 aliphatic heterocycles. The van der Waals surface area contributed by atoms with E-state index in [0.29, 0.717) is 30.5 Å². The van der Waals surface area contributed by atoms with Crippen molar-refractivity contribution >= 4 is 33.6 Å². The minimum Gasteiger partial charge on any atom is -0.308 e. The Morgan fingerprint density at radius 3 is 2.32 bits per heavy atom. The standard InChI is InChI=1S/C35H41N5O3S/c1-26-13-15-31(16-14-26)40-33(25-32(38-40)35(2,3)4)37-34(41)36-30-12-8-11-29(24-30)23-28-17-20-39(21-18-28)44(42,43)22-19-27-9-6-5-7-10-27/h5-16,19,22,24-25,28H,17-18,20-21,23H2,1-4H3,(H2,36,37,41)/b22-19+. The molecule has 0 radical (unpaired) electrons. The molecule has 1 aromatic heterocycles. The molecule has 0 unspecified atom stereocenters. The van der Waals surface area contributed by atoms with E-state index in [9.17, 15) is 13.2 Å². The number of carbonyl (C=O) groups is 1. The highest BCUT2D eigenvalue weighted by molar-refractivity contribution is 7.92. The number of aryl methyl sites for hydroxylation is 1. The maximum absolute atomic E-state index is 13.1. The van der Waals surface area contributed by atoms with Gasteiger partial charge in [-0.3, -0.25) is 5.32 Å². The maximum atomic E-state index is 13.1. The van der Waals surface area contributed by atoms with Crippen LogP contribution in [-0.2, 0) is 21.9 Å². The number of nitrogens with one attached hydrogen (secondary N) is 2. The summed E-state index contributed by atoms with van der Waals surface area (Å²) < 4.78 is 29.0. The normalized spacial score (nSPS) is 15.0. The first-order valence-corrected chi connectivity index (χ1v) is 16.5. The van der Waals surface area contributed by atoms with Gasteiger partial charge in [0.15, 0.2) is 0 Å². The van der Waals surface area contributed by atoms with Gasteiger partial charge in [0.2, 0.25) is 10.0 Å². The van der Waals surface area contributed by atoms with Gasteiger partial charge >= 0.3 is 6.03 Å². The summed E-state index contributed by atoms with van der Waals surface area (Å²) in [5, 5.41) is 12.1. The van der Waals surface area contributed by atoms with E-state index >= 15 is 0 Å². The molecule has 1 fully saturated rings. The molecule has 8 nitrogen and oxygen atoms in total. The van der Waals surface area contributed by atoms with Crippen LogP contribution in [0, 0.1) is 12.8 Å². The number of benzene rings is 3. The lowest BCUT2D eigenvalue weighted by molar-refractivity contribution is 0.262. The first-order chi connectivity index (χ1) is 21.0. The molecule has 2 N–H and O–H groups in total. The quantitative estimate of drug-likeness (QED) is 0.217. The van der Waals surface area contributed by atoms with Crippen LogP contribution >= 0.6 is 0 Å². The van der Waals surface area contributed by atoms with E-state index in [2.05, 4.69) is 37.5 Å². The van der Waals surface area contributed by atoms with Gasteiger partial charge in [-0.25, -0.2) is 17.9 Å². The summed E-state index contributed by atoms with van der Waals surface area (Å²) in [5.41, 5.74) is 5.37. The van der Waals surface area contributed by atoms with Crippen LogP contribution in [0.3, 0.4) is 0 Å². The van der Waals surface area contributed by atoms with E-state index in [1.807, 2.05) is 85.8 Å². The van der Waals surface area contributed by atoms with Crippen LogP contribution in [0.5, 0.6) is 0 Å². The summed E-state index contributed by atoms with van der Waals surface area (Å²) in [6.07, 6.45) is 4.04. The van der Waals surface area contributed by atoms with Gasteiger partial charge in [-0.2, -0.15) is 9.40 Å². The predicted octanol–water partition coefficient (Wildman–Crippen LogP) is 7.38. The van der Waals surface area contributed by atoms with E-state index in [-0.39, 0.29) is 11.4 Å². The Labute approximate surface area is 260 Å². The van der Waals surface area contributed by atoms with Crippen LogP contribution in [0.4, 0.5) is 16.3 Å². The summed E-state index contributed by atoms with van der Waals surface area (Å²) in [6.45, 7) is 9.31. The number of hydrogen-bond donors (Lipinski definition) is 2. The molecular weight excluding hydrogens is 570 g/mol. The van der Waals surface area contributed by atoms with E-state index in [1.54, 1.807) is 15.1 Å². The second kappa shape index (κ2) is 13.2. The summed E-state index contributed by atoms with van der Waals surface area (Å²) in [4.78, 5) is 13.1. The van der Waals surface area contributed by atoms with Gasteiger partial charge in [0.05, 0.1) is 11.4 Å². The molecule has 1 saturated heterocycles. The number of rotatable bonds is 8. The van der Waals surface area contributed by atoms with Gasteiger partial charge in [0.25, 0.3) is 0 Å². The van der Waals surface area contributed by atoms with Crippen molar-refractivity contribution < 1.29 is 13.2 Å². The zero-order valence-electron chi connectivity index (χ0n) is 25.8. The second-order valence-corrected chi connectivity index (χ2v) is 14.3. The molecule has 9 heteroatoms. The zero-order valence-corrected chi connectivity index (χ0v) is 26.6. The Morgan fingerprint density at radius 1 is 0.932 bits per heavy atom. The van der Waals surface area contributed by atoms with Crippen molar-refractivity contribution in [1.82, 2.24) is 14.1 Å². The molecule has 1 aliphatic rings. The molecule has 0 spiro atoms. The molecule has 44 heavy (non-hydrogen) atoms. The minimum atomic E-state index is -3.46. The molecule has 4 aromatic rings. The van der Waals surface area contributed by atoms with Crippen molar-refractivity contribution in [3.05, 3.63) is 113 Å². The number of aromatic nitrogens is 2. The minimum absolute atomic E-state index is 0.184. The lowest BCUT2D eigenvalue weighted by Gasteiger charge is -2.30. The topological polar surface area (TPSA) is 96.3 Å². The Hall–Kier alpha value is -4.21. The van der Waals surface area contributed by atoms with Crippen molar-refractivity contribution in [1.29, 1.82) is 0 Å². The van der Waals surface area contributed by atoms with Crippen molar-refractivity contribution in [2.45, 2.75) is 52.4 Å². The first kappa shape index (κ1) is 31.2. The number of piperidine rings is 1. The molecule has 2 amide bonds. The Balaban J connectivity index is 1.19. The highest BCUT2D eigenvalue weighted by Crippen LogP contribution is 2.28. The van der Waals surface area contributed by atoms with Crippen molar-refractivity contribution in [2.24, 2.45) is 5.92 Å². The smallest absolute Gasteiger partial charge is 0.308 e.